The predicted octanol–water partition coefficient (Wildman–Crippen LogP) is 3.97. The first-order chi connectivity index (χ1) is 12.0. The molecule has 0 spiro atoms. The molecule has 0 unspecified atom stereocenters. The summed E-state index contributed by atoms with van der Waals surface area (Å²) in [6.45, 7) is 3.13. The molecule has 0 radical (unpaired) electrons. The van der Waals surface area contributed by atoms with Crippen LogP contribution in [0.4, 0.5) is 5.69 Å². The fraction of sp³-hybridized carbons (Fsp3) is 0.739. The van der Waals surface area contributed by atoms with Crippen LogP contribution in [0.5, 0.6) is 5.75 Å². The number of benzene rings is 1. The molecule has 1 aromatic carbocycles. The summed E-state index contributed by atoms with van der Waals surface area (Å²) in [5, 5.41) is 0. The molecule has 0 amide bonds. The van der Waals surface area contributed by atoms with Gasteiger partial charge in [0.15, 0.2) is 0 Å². The van der Waals surface area contributed by atoms with E-state index in [-0.39, 0.29) is 24.0 Å². The number of rotatable bonds is 15. The van der Waals surface area contributed by atoms with Crippen LogP contribution in [0.2, 0.25) is 0 Å². The van der Waals surface area contributed by atoms with E-state index in [9.17, 15) is 0 Å². The lowest BCUT2D eigenvalue weighted by Gasteiger charge is -2.23. The van der Waals surface area contributed by atoms with E-state index in [1.807, 2.05) is 0 Å². The van der Waals surface area contributed by atoms with Gasteiger partial charge in [0.2, 0.25) is 0 Å². The summed E-state index contributed by atoms with van der Waals surface area (Å²) in [6, 6.07) is 8.52. The van der Waals surface area contributed by atoms with Gasteiger partial charge in [0.25, 0.3) is 0 Å². The van der Waals surface area contributed by atoms with Crippen LogP contribution < -0.4 is 33.2 Å². The lowest BCUT2D eigenvalue weighted by atomic mass is 10.1. The quantitative estimate of drug-likeness (QED) is 0.212. The second kappa shape index (κ2) is 15.7. The van der Waals surface area contributed by atoms with Gasteiger partial charge in [0.1, 0.15) is 11.4 Å². The van der Waals surface area contributed by atoms with E-state index in [0.29, 0.717) is 0 Å². The summed E-state index contributed by atoms with van der Waals surface area (Å²) < 4.78 is 6.70. The number of nitrogens with zero attached hydrogens (tertiary/aromatic N) is 1. The molecule has 0 N–H and O–H groups in total. The summed E-state index contributed by atoms with van der Waals surface area (Å²) in [5.41, 5.74) is 1.30. The van der Waals surface area contributed by atoms with Crippen molar-refractivity contribution in [3.8, 4) is 5.75 Å². The molecule has 152 valence electrons. The van der Waals surface area contributed by atoms with Gasteiger partial charge in [-0.3, -0.25) is 4.48 Å². The highest BCUT2D eigenvalue weighted by Gasteiger charge is 2.11. The van der Waals surface area contributed by atoms with Gasteiger partial charge in [-0.05, 0) is 18.6 Å². The van der Waals surface area contributed by atoms with E-state index in [4.69, 9.17) is 4.74 Å². The smallest absolute Gasteiger partial charge is 0.132 e. The van der Waals surface area contributed by atoms with Gasteiger partial charge < -0.3 is 28.7 Å². The van der Waals surface area contributed by atoms with Gasteiger partial charge in [-0.15, -0.1) is 0 Å². The molecule has 1 rings (SSSR count). The topological polar surface area (TPSA) is 9.23 Å². The van der Waals surface area contributed by atoms with Crippen LogP contribution >= 0.6 is 0 Å². The minimum Gasteiger partial charge on any atom is -1.00 e. The average Bonchev–Trinajstić information content (AvgIpc) is 2.58. The van der Waals surface area contributed by atoms with E-state index in [1.165, 1.54) is 82.7 Å². The van der Waals surface area contributed by atoms with Gasteiger partial charge >= 0.3 is 0 Å². The van der Waals surface area contributed by atoms with Crippen LogP contribution in [0, 0.1) is 0 Å². The van der Waals surface area contributed by atoms with Crippen LogP contribution in [0.3, 0.4) is 0 Å². The third-order valence-corrected chi connectivity index (χ3v) is 4.88. The Balaban J connectivity index is 0.00000625. The molecule has 0 aliphatic rings. The van der Waals surface area contributed by atoms with Gasteiger partial charge in [-0.1, -0.05) is 77.6 Å². The lowest BCUT2D eigenvalue weighted by molar-refractivity contribution is -0.00000617. The molecule has 1 aromatic rings. The standard InChI is InChI=1S/C23H42NO.HI/c1-5-6-7-8-9-10-11-12-13-14-15-16-21-25-23-19-17-22(18-20-23)24(2,3)4;/h17-20H,5-16,21H2,1-4H3;1H/q+1;/p-1. The number of quaternary nitrogens is 1. The fourth-order valence-corrected chi connectivity index (χ4v) is 3.12. The Morgan fingerprint density at radius 2 is 1.08 bits per heavy atom. The third-order valence-electron chi connectivity index (χ3n) is 4.88. The SMILES string of the molecule is CCCCCCCCCCCCCCOc1ccc([N+](C)(C)C)cc1.[I-]. The number of ether oxygens (including phenoxy) is 1. The van der Waals surface area contributed by atoms with Crippen LogP contribution in [-0.4, -0.2) is 27.7 Å². The minimum atomic E-state index is 0. The maximum Gasteiger partial charge on any atom is 0.132 e. The zero-order chi connectivity index (χ0) is 18.4. The molecule has 2 nitrogen and oxygen atoms in total. The summed E-state index contributed by atoms with van der Waals surface area (Å²) in [5.74, 6) is 1.00. The Bertz CT molecular complexity index is 425. The van der Waals surface area contributed by atoms with Crippen molar-refractivity contribution >= 4 is 5.69 Å². The fourth-order valence-electron chi connectivity index (χ4n) is 3.12. The zero-order valence-corrected chi connectivity index (χ0v) is 19.9. The second-order valence-corrected chi connectivity index (χ2v) is 8.24. The zero-order valence-electron chi connectivity index (χ0n) is 17.7. The van der Waals surface area contributed by atoms with Gasteiger partial charge in [-0.2, -0.15) is 0 Å². The lowest BCUT2D eigenvalue weighted by Crippen LogP contribution is -3.00. The van der Waals surface area contributed by atoms with Gasteiger partial charge in [0.05, 0.1) is 27.7 Å². The van der Waals surface area contributed by atoms with Crippen molar-refractivity contribution in [2.75, 3.05) is 27.7 Å². The first-order valence-electron chi connectivity index (χ1n) is 10.6. The van der Waals surface area contributed by atoms with Gasteiger partial charge in [0, 0.05) is 12.1 Å². The maximum absolute atomic E-state index is 5.86. The van der Waals surface area contributed by atoms with Gasteiger partial charge in [-0.25, -0.2) is 0 Å². The predicted molar refractivity (Wildman–Crippen MR) is 113 cm³/mol. The Morgan fingerprint density at radius 1 is 0.654 bits per heavy atom. The number of unbranched alkanes of at least 4 members (excludes halogenated alkanes) is 11. The first kappa shape index (κ1) is 25.7. The van der Waals surface area contributed by atoms with E-state index in [1.54, 1.807) is 0 Å². The molecular weight excluding hydrogens is 433 g/mol. The number of hydrogen-bond acceptors (Lipinski definition) is 1. The third kappa shape index (κ3) is 13.0. The Kier molecular flexibility index (Phi) is 15.6. The van der Waals surface area contributed by atoms with Crippen LogP contribution in [-0.2, 0) is 0 Å². The molecule has 0 aromatic heterocycles. The second-order valence-electron chi connectivity index (χ2n) is 8.24. The van der Waals surface area contributed by atoms with Crippen LogP contribution in [0.1, 0.15) is 84.0 Å². The molecule has 3 heteroatoms. The molecule has 0 saturated heterocycles. The molecule has 26 heavy (non-hydrogen) atoms. The highest BCUT2D eigenvalue weighted by molar-refractivity contribution is 5.44. The van der Waals surface area contributed by atoms with E-state index in [2.05, 4.69) is 52.3 Å². The minimum absolute atomic E-state index is 0. The maximum atomic E-state index is 5.86. The first-order valence-corrected chi connectivity index (χ1v) is 10.6. The van der Waals surface area contributed by atoms with Crippen molar-refractivity contribution in [3.63, 3.8) is 0 Å². The normalized spacial score (nSPS) is 11.2. The van der Waals surface area contributed by atoms with E-state index >= 15 is 0 Å². The largest absolute Gasteiger partial charge is 1.00 e. The Labute approximate surface area is 180 Å². The molecule has 0 heterocycles. The summed E-state index contributed by atoms with van der Waals surface area (Å²) >= 11 is 0. The Hall–Kier alpha value is -0.290. The molecular formula is C23H42INO. The molecule has 0 fully saturated rings. The van der Waals surface area contributed by atoms with Crippen LogP contribution in [0.15, 0.2) is 24.3 Å². The molecule has 0 saturated carbocycles. The molecule has 0 aliphatic carbocycles. The van der Waals surface area contributed by atoms with Crippen molar-refractivity contribution in [2.45, 2.75) is 84.0 Å². The highest BCUT2D eigenvalue weighted by atomic mass is 127. The summed E-state index contributed by atoms with van der Waals surface area (Å²) in [4.78, 5) is 0. The molecule has 0 bridgehead atoms. The highest BCUT2D eigenvalue weighted by Crippen LogP contribution is 2.21. The summed E-state index contributed by atoms with van der Waals surface area (Å²) in [7, 11) is 6.55. The number of halogens is 1. The van der Waals surface area contributed by atoms with Crippen molar-refractivity contribution in [2.24, 2.45) is 0 Å². The molecule has 0 atom stereocenters. The molecule has 0 aliphatic heterocycles. The van der Waals surface area contributed by atoms with Crippen LogP contribution in [0.25, 0.3) is 0 Å². The van der Waals surface area contributed by atoms with E-state index < -0.39 is 0 Å². The summed E-state index contributed by atoms with van der Waals surface area (Å²) in [6.07, 6.45) is 16.6. The Morgan fingerprint density at radius 3 is 1.50 bits per heavy atom. The van der Waals surface area contributed by atoms with Crippen molar-refractivity contribution in [3.05, 3.63) is 24.3 Å². The van der Waals surface area contributed by atoms with Crippen molar-refractivity contribution in [1.29, 1.82) is 0 Å². The average molecular weight is 475 g/mol. The van der Waals surface area contributed by atoms with E-state index in [0.717, 1.165) is 16.8 Å². The van der Waals surface area contributed by atoms with Crippen molar-refractivity contribution < 1.29 is 28.7 Å². The number of hydrogen-bond donors (Lipinski definition) is 0. The monoisotopic (exact) mass is 475 g/mol. The van der Waals surface area contributed by atoms with Crippen molar-refractivity contribution in [1.82, 2.24) is 4.48 Å².